The predicted molar refractivity (Wildman–Crippen MR) is 134 cm³/mol. The van der Waals surface area contributed by atoms with Gasteiger partial charge in [-0.1, -0.05) is 42.5 Å². The van der Waals surface area contributed by atoms with Gasteiger partial charge in [-0.05, 0) is 36.4 Å². The maximum absolute atomic E-state index is 9.47. The van der Waals surface area contributed by atoms with Crippen LogP contribution in [0.3, 0.4) is 0 Å². The average molecular weight is 471 g/mol. The van der Waals surface area contributed by atoms with Gasteiger partial charge in [0.1, 0.15) is 28.3 Å². The zero-order chi connectivity index (χ0) is 23.6. The van der Waals surface area contributed by atoms with Gasteiger partial charge in [0.2, 0.25) is 11.8 Å². The van der Waals surface area contributed by atoms with Crippen LogP contribution in [0.15, 0.2) is 91.0 Å². The lowest BCUT2D eigenvalue weighted by molar-refractivity contribution is 0.398. The normalized spacial score (nSPS) is 9.59. The Morgan fingerprint density at radius 3 is 1.32 bits per heavy atom. The van der Waals surface area contributed by atoms with Gasteiger partial charge in [-0.3, -0.25) is 0 Å². The molecule has 0 fully saturated rings. The molecule has 3 aromatic carbocycles. The molecule has 0 aliphatic heterocycles. The van der Waals surface area contributed by atoms with Crippen molar-refractivity contribution in [1.82, 2.24) is 9.97 Å². The number of nitrogens with zero attached hydrogens (tertiary/aromatic N) is 2. The summed E-state index contributed by atoms with van der Waals surface area (Å²) in [6.07, 6.45) is 0. The first-order valence-corrected chi connectivity index (χ1v) is 10.0. The fourth-order valence-corrected chi connectivity index (χ4v) is 2.88. The Morgan fingerprint density at radius 2 is 0.971 bits per heavy atom. The summed E-state index contributed by atoms with van der Waals surface area (Å²) in [6, 6.07) is 26.5. The maximum atomic E-state index is 9.47. The Labute approximate surface area is 208 Å². The number of pyridine rings is 2. The Hall–Kier alpha value is -3.99. The first-order valence-electron chi connectivity index (χ1n) is 10.0. The number of rotatable bonds is 2. The minimum Gasteiger partial charge on any atom is -0.508 e. The molecule has 0 aliphatic rings. The van der Waals surface area contributed by atoms with Crippen molar-refractivity contribution in [3.63, 3.8) is 0 Å². The molecular formula is C26H24AlN2O5. The van der Waals surface area contributed by atoms with E-state index in [1.807, 2.05) is 30.3 Å². The van der Waals surface area contributed by atoms with Crippen LogP contribution in [0.4, 0.5) is 0 Å². The van der Waals surface area contributed by atoms with E-state index in [0.717, 1.165) is 10.8 Å². The van der Waals surface area contributed by atoms with Gasteiger partial charge in [-0.2, -0.15) is 0 Å². The molecule has 5 rings (SSSR count). The van der Waals surface area contributed by atoms with E-state index in [0.29, 0.717) is 28.5 Å². The molecule has 2 aromatic heterocycles. The largest absolute Gasteiger partial charge is 0.508 e. The smallest absolute Gasteiger partial charge is 0.213 e. The number of fused-ring (bicyclic) bond motifs is 2. The highest BCUT2D eigenvalue weighted by Gasteiger charge is 2.02. The Morgan fingerprint density at radius 1 is 0.529 bits per heavy atom. The zero-order valence-corrected chi connectivity index (χ0v) is 19.9. The van der Waals surface area contributed by atoms with Crippen LogP contribution < -0.4 is 9.47 Å². The SMILES string of the molecule is COc1ccc2cccc(O)c2n1.COc1ccc2cccc(O)c2n1.Oc1ccccc1.[Al]. The van der Waals surface area contributed by atoms with Crippen LogP contribution in [0.1, 0.15) is 0 Å². The number of phenols is 3. The molecule has 0 saturated heterocycles. The van der Waals surface area contributed by atoms with Crippen LogP contribution in [0.2, 0.25) is 0 Å². The third kappa shape index (κ3) is 7.01. The molecular weight excluding hydrogens is 447 g/mol. The molecule has 0 amide bonds. The van der Waals surface area contributed by atoms with Crippen molar-refractivity contribution in [2.45, 2.75) is 0 Å². The number of para-hydroxylation sites is 3. The fourth-order valence-electron chi connectivity index (χ4n) is 2.88. The minimum atomic E-state index is 0. The quantitative estimate of drug-likeness (QED) is 0.314. The highest BCUT2D eigenvalue weighted by atomic mass is 27.0. The summed E-state index contributed by atoms with van der Waals surface area (Å²) >= 11 is 0. The molecule has 8 heteroatoms. The van der Waals surface area contributed by atoms with Crippen LogP contribution in [0.25, 0.3) is 21.8 Å². The van der Waals surface area contributed by atoms with Gasteiger partial charge >= 0.3 is 0 Å². The van der Waals surface area contributed by atoms with E-state index < -0.39 is 0 Å². The Bertz CT molecular complexity index is 1250. The molecule has 0 unspecified atom stereocenters. The molecule has 0 spiro atoms. The van der Waals surface area contributed by atoms with Gasteiger partial charge in [0.25, 0.3) is 0 Å². The maximum Gasteiger partial charge on any atom is 0.213 e. The Kier molecular flexibility index (Phi) is 9.96. The van der Waals surface area contributed by atoms with Crippen LogP contribution >= 0.6 is 0 Å². The second-order valence-electron chi connectivity index (χ2n) is 6.74. The van der Waals surface area contributed by atoms with Gasteiger partial charge < -0.3 is 24.8 Å². The van der Waals surface area contributed by atoms with Crippen LogP contribution in [0.5, 0.6) is 29.0 Å². The van der Waals surface area contributed by atoms with Crippen molar-refractivity contribution in [2.75, 3.05) is 14.2 Å². The van der Waals surface area contributed by atoms with Gasteiger partial charge in [0, 0.05) is 40.3 Å². The molecule has 5 aromatic rings. The molecule has 0 bridgehead atoms. The van der Waals surface area contributed by atoms with Crippen LogP contribution in [-0.2, 0) is 0 Å². The molecule has 0 saturated carbocycles. The molecule has 7 nitrogen and oxygen atoms in total. The third-order valence-corrected chi connectivity index (χ3v) is 4.52. The number of aromatic hydroxyl groups is 3. The number of phenolic OH excluding ortho intramolecular Hbond substituents is 3. The average Bonchev–Trinajstić information content (AvgIpc) is 2.85. The van der Waals surface area contributed by atoms with Crippen molar-refractivity contribution in [3.05, 3.63) is 91.0 Å². The van der Waals surface area contributed by atoms with Gasteiger partial charge in [-0.25, -0.2) is 9.97 Å². The summed E-state index contributed by atoms with van der Waals surface area (Å²) in [4.78, 5) is 8.24. The molecule has 0 atom stereocenters. The lowest BCUT2D eigenvalue weighted by Gasteiger charge is -2.02. The molecule has 2 heterocycles. The third-order valence-electron chi connectivity index (χ3n) is 4.52. The monoisotopic (exact) mass is 471 g/mol. The Balaban J connectivity index is 0.000000186. The van der Waals surface area contributed by atoms with E-state index in [1.165, 1.54) is 0 Å². The molecule has 3 radical (unpaired) electrons. The fraction of sp³-hybridized carbons (Fsp3) is 0.0769. The van der Waals surface area contributed by atoms with Crippen molar-refractivity contribution < 1.29 is 24.8 Å². The van der Waals surface area contributed by atoms with Crippen molar-refractivity contribution in [1.29, 1.82) is 0 Å². The highest BCUT2D eigenvalue weighted by molar-refractivity contribution is 5.85. The predicted octanol–water partition coefficient (Wildman–Crippen LogP) is 4.91. The van der Waals surface area contributed by atoms with Gasteiger partial charge in [0.15, 0.2) is 0 Å². The van der Waals surface area contributed by atoms with Crippen LogP contribution in [-0.4, -0.2) is 56.9 Å². The topological polar surface area (TPSA) is 105 Å². The minimum absolute atomic E-state index is 0. The molecule has 171 valence electrons. The number of hydrogen-bond acceptors (Lipinski definition) is 7. The highest BCUT2D eigenvalue weighted by Crippen LogP contribution is 2.25. The summed E-state index contributed by atoms with van der Waals surface area (Å²) in [6.45, 7) is 0. The first-order chi connectivity index (χ1) is 16.0. The summed E-state index contributed by atoms with van der Waals surface area (Å²) in [7, 11) is 3.10. The lowest BCUT2D eigenvalue weighted by Crippen LogP contribution is -1.87. The first kappa shape index (κ1) is 26.3. The summed E-state index contributed by atoms with van der Waals surface area (Å²) in [5.74, 6) is 1.69. The van der Waals surface area contributed by atoms with Crippen molar-refractivity contribution in [2.24, 2.45) is 0 Å². The van der Waals surface area contributed by atoms with Crippen molar-refractivity contribution >= 4 is 39.2 Å². The van der Waals surface area contributed by atoms with E-state index in [9.17, 15) is 10.2 Å². The molecule has 3 N–H and O–H groups in total. The number of aromatic nitrogens is 2. The summed E-state index contributed by atoms with van der Waals surface area (Å²) in [5.41, 5.74) is 1.14. The van der Waals surface area contributed by atoms with E-state index in [-0.39, 0.29) is 28.9 Å². The van der Waals surface area contributed by atoms with E-state index in [2.05, 4.69) is 9.97 Å². The number of hydrogen-bond donors (Lipinski definition) is 3. The number of benzene rings is 3. The van der Waals surface area contributed by atoms with Gasteiger partial charge in [-0.15, -0.1) is 0 Å². The summed E-state index contributed by atoms with van der Waals surface area (Å²) < 4.78 is 9.91. The lowest BCUT2D eigenvalue weighted by atomic mass is 10.2. The zero-order valence-electron chi connectivity index (χ0n) is 18.8. The summed E-state index contributed by atoms with van der Waals surface area (Å²) in [5, 5.41) is 29.4. The number of methoxy groups -OCH3 is 2. The molecule has 34 heavy (non-hydrogen) atoms. The molecule has 0 aliphatic carbocycles. The standard InChI is InChI=1S/2C10H9NO2.C6H6O.Al/c2*1-13-9-6-5-7-3-2-4-8(12)10(7)11-9;7-6-4-2-1-3-5-6;/h2*2-6,12H,1H3;1-5,7H;. The van der Waals surface area contributed by atoms with Gasteiger partial charge in [0.05, 0.1) is 14.2 Å². The van der Waals surface area contributed by atoms with E-state index >= 15 is 0 Å². The van der Waals surface area contributed by atoms with Crippen molar-refractivity contribution in [3.8, 4) is 29.0 Å². The second-order valence-corrected chi connectivity index (χ2v) is 6.74. The second kappa shape index (κ2) is 12.9. The number of ether oxygens (including phenoxy) is 2. The van der Waals surface area contributed by atoms with E-state index in [4.69, 9.17) is 14.6 Å². The van der Waals surface area contributed by atoms with E-state index in [1.54, 1.807) is 74.9 Å². The van der Waals surface area contributed by atoms with Crippen LogP contribution in [0, 0.1) is 0 Å².